The van der Waals surface area contributed by atoms with Crippen molar-refractivity contribution in [3.63, 3.8) is 0 Å². The van der Waals surface area contributed by atoms with Crippen LogP contribution in [0.4, 0.5) is 0 Å². The molecule has 0 atom stereocenters. The van der Waals surface area contributed by atoms with Crippen LogP contribution in [0.3, 0.4) is 0 Å². The van der Waals surface area contributed by atoms with Gasteiger partial charge in [0.15, 0.2) is 0 Å². The first-order valence-electron chi connectivity index (χ1n) is 18.8. The quantitative estimate of drug-likeness (QED) is 0.167. The first-order valence-corrected chi connectivity index (χ1v) is 23.7. The lowest BCUT2D eigenvalue weighted by Crippen LogP contribution is -2.48. The fraction of sp³-hybridized carbons (Fsp3) is 0.0400. The molecule has 0 amide bonds. The zero-order chi connectivity index (χ0) is 36.3. The minimum atomic E-state index is -0.558. The molecule has 6 heteroatoms. The van der Waals surface area contributed by atoms with Gasteiger partial charge in [-0.2, -0.15) is 0 Å². The minimum absolute atomic E-state index is 0.558. The molecule has 0 nitrogen and oxygen atoms in total. The predicted molar refractivity (Wildman–Crippen MR) is 249 cm³/mol. The van der Waals surface area contributed by atoms with Crippen molar-refractivity contribution in [3.8, 4) is 22.3 Å². The maximum Gasteiger partial charge on any atom is 0.0947 e. The molecule has 56 heavy (non-hydrogen) atoms. The van der Waals surface area contributed by atoms with Gasteiger partial charge < -0.3 is 0 Å². The fourth-order valence-electron chi connectivity index (χ4n) is 10.3. The second-order valence-corrected chi connectivity index (χ2v) is 21.4. The van der Waals surface area contributed by atoms with E-state index in [1.54, 1.807) is 0 Å². The highest BCUT2D eigenvalue weighted by Gasteiger charge is 2.69. The fourth-order valence-corrected chi connectivity index (χ4v) is 19.2. The number of rotatable bonds is 3. The molecule has 14 rings (SSSR count). The maximum atomic E-state index is 2.58. The molecule has 0 fully saturated rings. The summed E-state index contributed by atoms with van der Waals surface area (Å²) in [5.74, 6) is 0. The van der Waals surface area contributed by atoms with Gasteiger partial charge >= 0.3 is 0 Å². The zero-order valence-corrected chi connectivity index (χ0v) is 34.4. The van der Waals surface area contributed by atoms with Crippen molar-refractivity contribution in [1.29, 1.82) is 0 Å². The predicted octanol–water partition coefficient (Wildman–Crippen LogP) is 16.3. The van der Waals surface area contributed by atoms with Crippen LogP contribution in [0.5, 0.6) is 0 Å². The lowest BCUT2D eigenvalue weighted by atomic mass is 9.60. The number of benzene rings is 6. The second kappa shape index (κ2) is 10.9. The van der Waals surface area contributed by atoms with E-state index in [4.69, 9.17) is 0 Å². The van der Waals surface area contributed by atoms with Crippen LogP contribution in [0.25, 0.3) is 82.8 Å². The number of hydrogen-bond donors (Lipinski definition) is 0. The summed E-state index contributed by atoms with van der Waals surface area (Å²) in [4.78, 5) is 8.82. The molecule has 0 unspecified atom stereocenters. The Hall–Kier alpha value is -4.92. The molecule has 0 bridgehead atoms. The molecular weight excluding hydrogens is 793 g/mol. The van der Waals surface area contributed by atoms with E-state index in [0.717, 1.165) is 0 Å². The molecule has 6 heterocycles. The Balaban J connectivity index is 1.31. The van der Waals surface area contributed by atoms with Crippen molar-refractivity contribution < 1.29 is 0 Å². The Morgan fingerprint density at radius 3 is 0.839 bits per heavy atom. The van der Waals surface area contributed by atoms with Gasteiger partial charge in [0.05, 0.1) is 10.8 Å². The normalized spacial score (nSPS) is 15.1. The summed E-state index contributed by atoms with van der Waals surface area (Å²) in [6.07, 6.45) is 0. The molecular formula is C50H26S6. The van der Waals surface area contributed by atoms with E-state index in [-0.39, 0.29) is 0 Å². The van der Waals surface area contributed by atoms with E-state index in [2.05, 4.69) is 158 Å². The topological polar surface area (TPSA) is 0 Å². The highest BCUT2D eigenvalue weighted by molar-refractivity contribution is 7.26. The summed E-state index contributed by atoms with van der Waals surface area (Å²) in [5.41, 5.74) is 4.64. The van der Waals surface area contributed by atoms with Gasteiger partial charge in [-0.05, 0) is 59.3 Å². The maximum absolute atomic E-state index is 2.58. The highest BCUT2D eigenvalue weighted by Crippen LogP contribution is 2.77. The molecule has 2 aliphatic carbocycles. The Morgan fingerprint density at radius 1 is 0.268 bits per heavy atom. The van der Waals surface area contributed by atoms with Crippen LogP contribution < -0.4 is 0 Å². The van der Waals surface area contributed by atoms with Gasteiger partial charge in [0.25, 0.3) is 0 Å². The third-order valence-corrected chi connectivity index (χ3v) is 20.0. The van der Waals surface area contributed by atoms with E-state index in [1.807, 2.05) is 68.0 Å². The van der Waals surface area contributed by atoms with E-state index >= 15 is 0 Å². The SMILES string of the molecule is c1ccc2sc(C3(C4(c5cc6ccccc6s5)c5sc6ccccc6c5-c5c4sc4ccccc54)c4sc5ccccc5c4-c4c3sc3ccccc43)cc2c1. The minimum Gasteiger partial charge on any atom is -0.139 e. The number of fused-ring (bicyclic) bond motifs is 16. The van der Waals surface area contributed by atoms with Crippen molar-refractivity contribution in [2.24, 2.45) is 0 Å². The summed E-state index contributed by atoms with van der Waals surface area (Å²) in [7, 11) is 0. The Morgan fingerprint density at radius 2 is 0.536 bits per heavy atom. The molecule has 0 aliphatic heterocycles. The van der Waals surface area contributed by atoms with Crippen LogP contribution in [0.1, 0.15) is 29.3 Å². The Bertz CT molecular complexity index is 3160. The lowest BCUT2D eigenvalue weighted by molar-refractivity contribution is 0.480. The molecule has 0 saturated heterocycles. The van der Waals surface area contributed by atoms with Crippen molar-refractivity contribution >= 4 is 129 Å². The van der Waals surface area contributed by atoms with Gasteiger partial charge in [-0.25, -0.2) is 0 Å². The van der Waals surface area contributed by atoms with Crippen molar-refractivity contribution in [3.05, 3.63) is 187 Å². The van der Waals surface area contributed by atoms with Crippen LogP contribution in [0.15, 0.2) is 158 Å². The standard InChI is InChI=1S/C50H26S6/c1-7-19-33-27(13-1)25-39(51-33)49(45-41(29-15-3-9-21-35(29)53-45)42-30-16-4-10-22-36(30)54-46(42)49)50(40-26-28-14-2-8-20-34(28)52-40)47-43(31-17-5-11-23-37(31)55-47)44-32-18-6-12-24-38(32)56-48(44)50/h1-26H. The average Bonchev–Trinajstić information content (AvgIpc) is 4.10. The van der Waals surface area contributed by atoms with Crippen LogP contribution >= 0.6 is 68.0 Å². The van der Waals surface area contributed by atoms with Gasteiger partial charge in [0.1, 0.15) is 0 Å². The van der Waals surface area contributed by atoms with Gasteiger partial charge in [0, 0.05) is 101 Å². The largest absolute Gasteiger partial charge is 0.139 e. The molecule has 0 radical (unpaired) electrons. The number of hydrogen-bond acceptors (Lipinski definition) is 6. The Kier molecular flexibility index (Phi) is 6.09. The van der Waals surface area contributed by atoms with Gasteiger partial charge in [0.2, 0.25) is 0 Å². The highest BCUT2D eigenvalue weighted by atomic mass is 32.1. The van der Waals surface area contributed by atoms with Crippen LogP contribution in [0, 0.1) is 0 Å². The summed E-state index contributed by atoms with van der Waals surface area (Å²) >= 11 is 12.2. The van der Waals surface area contributed by atoms with Crippen molar-refractivity contribution in [1.82, 2.24) is 0 Å². The molecule has 0 N–H and O–H groups in total. The van der Waals surface area contributed by atoms with E-state index < -0.39 is 10.8 Å². The first kappa shape index (κ1) is 31.2. The number of thiophene rings is 6. The summed E-state index contributed by atoms with van der Waals surface area (Å²) in [6, 6.07) is 60.2. The van der Waals surface area contributed by atoms with Crippen LogP contribution in [-0.4, -0.2) is 0 Å². The molecule has 262 valence electrons. The monoisotopic (exact) mass is 818 g/mol. The smallest absolute Gasteiger partial charge is 0.0947 e. The third-order valence-electron chi connectivity index (χ3n) is 12.4. The average molecular weight is 819 g/mol. The van der Waals surface area contributed by atoms with E-state index in [1.165, 1.54) is 112 Å². The Labute approximate surface area is 345 Å². The van der Waals surface area contributed by atoms with Gasteiger partial charge in [-0.3, -0.25) is 0 Å². The zero-order valence-electron chi connectivity index (χ0n) is 29.5. The van der Waals surface area contributed by atoms with Gasteiger partial charge in [-0.1, -0.05) is 109 Å². The van der Waals surface area contributed by atoms with Crippen molar-refractivity contribution in [2.75, 3.05) is 0 Å². The molecule has 2 aliphatic rings. The molecule has 6 aromatic carbocycles. The molecule has 6 aromatic heterocycles. The van der Waals surface area contributed by atoms with Gasteiger partial charge in [-0.15, -0.1) is 68.0 Å². The first-order chi connectivity index (χ1) is 27.7. The lowest BCUT2D eigenvalue weighted by Gasteiger charge is -2.46. The molecule has 0 spiro atoms. The molecule has 0 saturated carbocycles. The van der Waals surface area contributed by atoms with E-state index in [0.29, 0.717) is 0 Å². The van der Waals surface area contributed by atoms with Crippen LogP contribution in [0.2, 0.25) is 0 Å². The third kappa shape index (κ3) is 3.58. The second-order valence-electron chi connectivity index (χ2n) is 15.0. The van der Waals surface area contributed by atoms with E-state index in [9.17, 15) is 0 Å². The van der Waals surface area contributed by atoms with Crippen LogP contribution in [-0.2, 0) is 10.8 Å². The molecule has 12 aromatic rings. The summed E-state index contributed by atoms with van der Waals surface area (Å²) < 4.78 is 8.14. The summed E-state index contributed by atoms with van der Waals surface area (Å²) in [6.45, 7) is 0. The summed E-state index contributed by atoms with van der Waals surface area (Å²) in [5, 5.41) is 8.13. The van der Waals surface area contributed by atoms with Crippen molar-refractivity contribution in [2.45, 2.75) is 10.8 Å².